The van der Waals surface area contributed by atoms with Crippen molar-refractivity contribution in [2.45, 2.75) is 0 Å². The van der Waals surface area contributed by atoms with Crippen LogP contribution in [0.1, 0.15) is 20.8 Å². The second-order valence-corrected chi connectivity index (χ2v) is 7.01. The molecule has 0 atom stereocenters. The summed E-state index contributed by atoms with van der Waals surface area (Å²) in [6, 6.07) is 23.1. The topological polar surface area (TPSA) is 94.5 Å². The van der Waals surface area contributed by atoms with Crippen LogP contribution in [0.25, 0.3) is 5.69 Å². The molecule has 2 N–H and O–H groups in total. The van der Waals surface area contributed by atoms with E-state index in [1.807, 2.05) is 42.5 Å². The highest BCUT2D eigenvalue weighted by Gasteiger charge is 2.19. The van der Waals surface area contributed by atoms with Crippen molar-refractivity contribution in [2.75, 3.05) is 24.9 Å². The van der Waals surface area contributed by atoms with Crippen molar-refractivity contribution in [3.8, 4) is 17.2 Å². The first-order valence-electron chi connectivity index (χ1n) is 10.1. The number of amides is 2. The van der Waals surface area contributed by atoms with Gasteiger partial charge in [0.25, 0.3) is 11.8 Å². The summed E-state index contributed by atoms with van der Waals surface area (Å²) in [5.41, 5.74) is 2.48. The molecule has 8 heteroatoms. The van der Waals surface area contributed by atoms with Crippen molar-refractivity contribution in [3.63, 3.8) is 0 Å². The Morgan fingerprint density at radius 2 is 1.42 bits per heavy atom. The minimum absolute atomic E-state index is 0.152. The van der Waals surface area contributed by atoms with Crippen molar-refractivity contribution in [2.24, 2.45) is 0 Å². The van der Waals surface area contributed by atoms with Gasteiger partial charge < -0.3 is 20.1 Å². The third kappa shape index (κ3) is 4.85. The van der Waals surface area contributed by atoms with Gasteiger partial charge in [-0.2, -0.15) is 5.10 Å². The lowest BCUT2D eigenvalue weighted by Crippen LogP contribution is -2.15. The lowest BCUT2D eigenvalue weighted by molar-refractivity contribution is 0.101. The highest BCUT2D eigenvalue weighted by Crippen LogP contribution is 2.24. The third-order valence-corrected chi connectivity index (χ3v) is 4.90. The second-order valence-electron chi connectivity index (χ2n) is 7.01. The van der Waals surface area contributed by atoms with E-state index in [9.17, 15) is 9.59 Å². The van der Waals surface area contributed by atoms with Crippen LogP contribution in [0.15, 0.2) is 85.1 Å². The van der Waals surface area contributed by atoms with Gasteiger partial charge in [0, 0.05) is 11.3 Å². The molecule has 0 spiro atoms. The number of aromatic nitrogens is 2. The second kappa shape index (κ2) is 9.69. The van der Waals surface area contributed by atoms with Gasteiger partial charge in [-0.1, -0.05) is 30.3 Å². The SMILES string of the molecule is COc1ccccc1NC(=O)c1ccc(NC(=O)c2nn(-c3ccccc3)cc2OC)cc1. The molecule has 2 amide bonds. The summed E-state index contributed by atoms with van der Waals surface area (Å²) < 4.78 is 12.2. The Labute approximate surface area is 190 Å². The molecule has 0 aliphatic rings. The molecule has 0 aliphatic carbocycles. The summed E-state index contributed by atoms with van der Waals surface area (Å²) >= 11 is 0. The van der Waals surface area contributed by atoms with E-state index in [-0.39, 0.29) is 11.6 Å². The Balaban J connectivity index is 1.46. The molecule has 1 aromatic heterocycles. The molecule has 0 saturated carbocycles. The maximum atomic E-state index is 12.8. The summed E-state index contributed by atoms with van der Waals surface area (Å²) in [5.74, 6) is 0.205. The number of para-hydroxylation sites is 3. The Bertz CT molecular complexity index is 1270. The van der Waals surface area contributed by atoms with Gasteiger partial charge in [-0.3, -0.25) is 9.59 Å². The highest BCUT2D eigenvalue weighted by molar-refractivity contribution is 6.07. The van der Waals surface area contributed by atoms with Gasteiger partial charge in [-0.15, -0.1) is 0 Å². The van der Waals surface area contributed by atoms with E-state index in [0.717, 1.165) is 5.69 Å². The van der Waals surface area contributed by atoms with E-state index in [2.05, 4.69) is 15.7 Å². The van der Waals surface area contributed by atoms with Crippen LogP contribution in [0.4, 0.5) is 11.4 Å². The molecule has 4 aromatic rings. The predicted molar refractivity (Wildman–Crippen MR) is 125 cm³/mol. The van der Waals surface area contributed by atoms with E-state index in [4.69, 9.17) is 9.47 Å². The molecule has 4 rings (SSSR count). The fraction of sp³-hybridized carbons (Fsp3) is 0.0800. The number of benzene rings is 3. The normalized spacial score (nSPS) is 10.4. The van der Waals surface area contributed by atoms with Crippen LogP contribution in [-0.4, -0.2) is 35.8 Å². The number of hydrogen-bond donors (Lipinski definition) is 2. The molecular formula is C25H22N4O4. The number of anilines is 2. The minimum Gasteiger partial charge on any atom is -0.495 e. The Hall–Kier alpha value is -4.59. The average Bonchev–Trinajstić information content (AvgIpc) is 3.30. The molecule has 0 radical (unpaired) electrons. The molecular weight excluding hydrogens is 420 g/mol. The number of hydrogen-bond acceptors (Lipinski definition) is 5. The quantitative estimate of drug-likeness (QED) is 0.443. The molecule has 33 heavy (non-hydrogen) atoms. The first-order chi connectivity index (χ1) is 16.1. The summed E-state index contributed by atoms with van der Waals surface area (Å²) in [4.78, 5) is 25.4. The molecule has 0 unspecified atom stereocenters. The summed E-state index contributed by atoms with van der Waals surface area (Å²) in [5, 5.41) is 9.96. The molecule has 0 saturated heterocycles. The standard InChI is InChI=1S/C25H22N4O4/c1-32-21-11-7-6-10-20(21)27-24(30)17-12-14-18(15-13-17)26-25(31)23-22(33-2)16-29(28-23)19-8-4-3-5-9-19/h3-16H,1-2H3,(H,26,31)(H,27,30). The molecule has 0 bridgehead atoms. The molecule has 1 heterocycles. The fourth-order valence-corrected chi connectivity index (χ4v) is 3.22. The average molecular weight is 442 g/mol. The summed E-state index contributed by atoms with van der Waals surface area (Å²) in [6.07, 6.45) is 1.65. The number of carbonyl (C=O) groups excluding carboxylic acids is 2. The van der Waals surface area contributed by atoms with Gasteiger partial charge in [0.05, 0.1) is 31.8 Å². The first-order valence-corrected chi connectivity index (χ1v) is 10.1. The number of rotatable bonds is 7. The van der Waals surface area contributed by atoms with Gasteiger partial charge in [0.2, 0.25) is 0 Å². The van der Waals surface area contributed by atoms with Crippen molar-refractivity contribution >= 4 is 23.2 Å². The van der Waals surface area contributed by atoms with E-state index < -0.39 is 5.91 Å². The largest absolute Gasteiger partial charge is 0.495 e. The minimum atomic E-state index is -0.423. The zero-order valence-electron chi connectivity index (χ0n) is 18.1. The smallest absolute Gasteiger partial charge is 0.280 e. The lowest BCUT2D eigenvalue weighted by Gasteiger charge is -2.10. The van der Waals surface area contributed by atoms with Crippen LogP contribution in [-0.2, 0) is 0 Å². The van der Waals surface area contributed by atoms with Crippen LogP contribution in [0.2, 0.25) is 0 Å². The van der Waals surface area contributed by atoms with E-state index >= 15 is 0 Å². The molecule has 8 nitrogen and oxygen atoms in total. The third-order valence-electron chi connectivity index (χ3n) is 4.90. The summed E-state index contributed by atoms with van der Waals surface area (Å²) in [7, 11) is 3.03. The predicted octanol–water partition coefficient (Wildman–Crippen LogP) is 4.39. The first kappa shape index (κ1) is 21.6. The van der Waals surface area contributed by atoms with Crippen LogP contribution in [0, 0.1) is 0 Å². The molecule has 3 aromatic carbocycles. The highest BCUT2D eigenvalue weighted by atomic mass is 16.5. The van der Waals surface area contributed by atoms with Gasteiger partial charge in [-0.05, 0) is 48.5 Å². The Morgan fingerprint density at radius 3 is 2.12 bits per heavy atom. The lowest BCUT2D eigenvalue weighted by atomic mass is 10.2. The van der Waals surface area contributed by atoms with Crippen LogP contribution in [0.3, 0.4) is 0 Å². The van der Waals surface area contributed by atoms with Crippen molar-refractivity contribution in [1.29, 1.82) is 0 Å². The number of nitrogens with one attached hydrogen (secondary N) is 2. The molecule has 166 valence electrons. The Morgan fingerprint density at radius 1 is 0.758 bits per heavy atom. The van der Waals surface area contributed by atoms with Crippen LogP contribution >= 0.6 is 0 Å². The number of carbonyl (C=O) groups is 2. The maximum Gasteiger partial charge on any atom is 0.280 e. The van der Waals surface area contributed by atoms with Gasteiger partial charge >= 0.3 is 0 Å². The zero-order valence-corrected chi connectivity index (χ0v) is 18.1. The maximum absolute atomic E-state index is 12.8. The molecule has 0 aliphatic heterocycles. The van der Waals surface area contributed by atoms with Crippen molar-refractivity contribution < 1.29 is 19.1 Å². The van der Waals surface area contributed by atoms with E-state index in [1.54, 1.807) is 54.4 Å². The van der Waals surface area contributed by atoms with Crippen molar-refractivity contribution in [3.05, 3.63) is 96.3 Å². The molecule has 0 fully saturated rings. The van der Waals surface area contributed by atoms with E-state index in [0.29, 0.717) is 28.4 Å². The van der Waals surface area contributed by atoms with Crippen LogP contribution < -0.4 is 20.1 Å². The van der Waals surface area contributed by atoms with E-state index in [1.165, 1.54) is 7.11 Å². The van der Waals surface area contributed by atoms with Gasteiger partial charge in [-0.25, -0.2) is 4.68 Å². The fourth-order valence-electron chi connectivity index (χ4n) is 3.22. The van der Waals surface area contributed by atoms with Crippen LogP contribution in [0.5, 0.6) is 11.5 Å². The zero-order chi connectivity index (χ0) is 23.2. The summed E-state index contributed by atoms with van der Waals surface area (Å²) in [6.45, 7) is 0. The van der Waals surface area contributed by atoms with Gasteiger partial charge in [0.15, 0.2) is 11.4 Å². The van der Waals surface area contributed by atoms with Gasteiger partial charge in [0.1, 0.15) is 5.75 Å². The van der Waals surface area contributed by atoms with Crippen molar-refractivity contribution in [1.82, 2.24) is 9.78 Å². The number of nitrogens with zero attached hydrogens (tertiary/aromatic N) is 2. The number of ether oxygens (including phenoxy) is 2. The Kier molecular flexibility index (Phi) is 6.36. The number of methoxy groups -OCH3 is 2. The monoisotopic (exact) mass is 442 g/mol.